The summed E-state index contributed by atoms with van der Waals surface area (Å²) in [5, 5.41) is 8.67. The molecule has 14 heavy (non-hydrogen) atoms. The number of fused-ring (bicyclic) bond motifs is 1. The number of aryl methyl sites for hydroxylation is 1. The van der Waals surface area contributed by atoms with Crippen LogP contribution < -0.4 is 0 Å². The molecule has 1 N–H and O–H groups in total. The van der Waals surface area contributed by atoms with Gasteiger partial charge in [0, 0.05) is 6.42 Å². The molecule has 0 bridgehead atoms. The topological polar surface area (TPSA) is 37.3 Å². The molecule has 0 amide bonds. The Balaban J connectivity index is 2.49. The molecule has 0 unspecified atom stereocenters. The van der Waals surface area contributed by atoms with Crippen molar-refractivity contribution in [1.82, 2.24) is 0 Å². The Bertz CT molecular complexity index is 384. The van der Waals surface area contributed by atoms with Crippen molar-refractivity contribution in [1.29, 1.82) is 0 Å². The summed E-state index contributed by atoms with van der Waals surface area (Å²) in [7, 11) is 0. The number of halogens is 2. The van der Waals surface area contributed by atoms with E-state index in [0.717, 1.165) is 0 Å². The first-order valence-corrected chi connectivity index (χ1v) is 5.06. The average Bonchev–Trinajstić information content (AvgIpc) is 2.48. The van der Waals surface area contributed by atoms with E-state index >= 15 is 0 Å². The Kier molecular flexibility index (Phi) is 2.06. The molecule has 1 aromatic rings. The van der Waals surface area contributed by atoms with Crippen LogP contribution >= 0.6 is 11.3 Å². The van der Waals surface area contributed by atoms with Gasteiger partial charge in [-0.05, 0) is 24.5 Å². The molecule has 1 aliphatic carbocycles. The van der Waals surface area contributed by atoms with E-state index in [-0.39, 0.29) is 16.2 Å². The monoisotopic (exact) mass is 218 g/mol. The van der Waals surface area contributed by atoms with E-state index in [1.807, 2.05) is 0 Å². The van der Waals surface area contributed by atoms with Crippen molar-refractivity contribution in [3.8, 4) is 0 Å². The summed E-state index contributed by atoms with van der Waals surface area (Å²) in [4.78, 5) is 10.6. The third-order valence-corrected chi connectivity index (χ3v) is 3.57. The van der Waals surface area contributed by atoms with Gasteiger partial charge in [0.05, 0.1) is 4.88 Å². The Morgan fingerprint density at radius 3 is 2.86 bits per heavy atom. The second kappa shape index (κ2) is 3.02. The molecular formula is C9H8F2O2S. The van der Waals surface area contributed by atoms with E-state index in [2.05, 4.69) is 0 Å². The van der Waals surface area contributed by atoms with E-state index in [9.17, 15) is 13.6 Å². The fraction of sp³-hybridized carbons (Fsp3) is 0.444. The molecule has 2 nitrogen and oxygen atoms in total. The summed E-state index contributed by atoms with van der Waals surface area (Å²) in [6.07, 6.45) is 0.823. The maximum Gasteiger partial charge on any atom is 0.345 e. The standard InChI is InChI=1S/C9H8F2O2S/c10-9(11)3-1-2-5-4-6(8(12)13)14-7(5)9/h4H,1-3H2,(H,12,13). The number of thiophene rings is 1. The van der Waals surface area contributed by atoms with Crippen molar-refractivity contribution in [3.05, 3.63) is 21.4 Å². The summed E-state index contributed by atoms with van der Waals surface area (Å²) >= 11 is 0.701. The number of hydrogen-bond acceptors (Lipinski definition) is 2. The Morgan fingerprint density at radius 2 is 2.29 bits per heavy atom. The number of carbonyl (C=O) groups is 1. The molecule has 1 aromatic heterocycles. The highest BCUT2D eigenvalue weighted by atomic mass is 32.1. The summed E-state index contributed by atoms with van der Waals surface area (Å²) in [5.41, 5.74) is 0.503. The maximum absolute atomic E-state index is 13.3. The molecule has 2 rings (SSSR count). The molecule has 0 spiro atoms. The van der Waals surface area contributed by atoms with Crippen molar-refractivity contribution >= 4 is 17.3 Å². The fourth-order valence-electron chi connectivity index (χ4n) is 1.64. The molecular weight excluding hydrogens is 210 g/mol. The normalized spacial score (nSPS) is 19.0. The van der Waals surface area contributed by atoms with Crippen LogP contribution in [0.5, 0.6) is 0 Å². The van der Waals surface area contributed by atoms with Crippen LogP contribution in [0, 0.1) is 0 Å². The molecule has 0 aromatic carbocycles. The Labute approximate surface area is 83.2 Å². The quantitative estimate of drug-likeness (QED) is 0.786. The van der Waals surface area contributed by atoms with Crippen LogP contribution in [0.3, 0.4) is 0 Å². The zero-order valence-electron chi connectivity index (χ0n) is 7.22. The van der Waals surface area contributed by atoms with Crippen molar-refractivity contribution in [2.24, 2.45) is 0 Å². The molecule has 0 saturated carbocycles. The lowest BCUT2D eigenvalue weighted by molar-refractivity contribution is -0.0175. The lowest BCUT2D eigenvalue weighted by Crippen LogP contribution is -2.18. The molecule has 1 aliphatic rings. The first-order valence-electron chi connectivity index (χ1n) is 4.25. The largest absolute Gasteiger partial charge is 0.477 e. The number of rotatable bonds is 1. The van der Waals surface area contributed by atoms with Gasteiger partial charge < -0.3 is 5.11 Å². The van der Waals surface area contributed by atoms with Gasteiger partial charge in [-0.15, -0.1) is 11.3 Å². The molecule has 0 saturated heterocycles. The summed E-state index contributed by atoms with van der Waals surface area (Å²) in [6.45, 7) is 0. The summed E-state index contributed by atoms with van der Waals surface area (Å²) < 4.78 is 26.6. The van der Waals surface area contributed by atoms with E-state index < -0.39 is 11.9 Å². The highest BCUT2D eigenvalue weighted by Gasteiger charge is 2.39. The van der Waals surface area contributed by atoms with E-state index in [4.69, 9.17) is 5.11 Å². The fourth-order valence-corrected chi connectivity index (χ4v) is 2.70. The van der Waals surface area contributed by atoms with Crippen molar-refractivity contribution in [2.45, 2.75) is 25.2 Å². The van der Waals surface area contributed by atoms with Crippen LogP contribution in [-0.4, -0.2) is 11.1 Å². The van der Waals surface area contributed by atoms with Crippen LogP contribution in [-0.2, 0) is 12.3 Å². The van der Waals surface area contributed by atoms with Gasteiger partial charge in [-0.1, -0.05) is 0 Å². The summed E-state index contributed by atoms with van der Waals surface area (Å²) in [6, 6.07) is 1.37. The van der Waals surface area contributed by atoms with Gasteiger partial charge in [-0.2, -0.15) is 0 Å². The van der Waals surface area contributed by atoms with Crippen molar-refractivity contribution in [2.75, 3.05) is 0 Å². The summed E-state index contributed by atoms with van der Waals surface area (Å²) in [5.74, 6) is -3.95. The minimum Gasteiger partial charge on any atom is -0.477 e. The van der Waals surface area contributed by atoms with Gasteiger partial charge in [0.2, 0.25) is 0 Å². The Hall–Kier alpha value is -0.970. The third kappa shape index (κ3) is 1.41. The van der Waals surface area contributed by atoms with Gasteiger partial charge in [-0.25, -0.2) is 13.6 Å². The van der Waals surface area contributed by atoms with Crippen LogP contribution in [0.2, 0.25) is 0 Å². The van der Waals surface area contributed by atoms with Crippen LogP contribution in [0.1, 0.15) is 33.0 Å². The van der Waals surface area contributed by atoms with Crippen LogP contribution in [0.15, 0.2) is 6.07 Å². The van der Waals surface area contributed by atoms with Gasteiger partial charge in [0.25, 0.3) is 5.92 Å². The van der Waals surface area contributed by atoms with Crippen LogP contribution in [0.4, 0.5) is 8.78 Å². The third-order valence-electron chi connectivity index (χ3n) is 2.29. The average molecular weight is 218 g/mol. The minimum absolute atomic E-state index is 0.0107. The van der Waals surface area contributed by atoms with Gasteiger partial charge in [0.15, 0.2) is 0 Å². The minimum atomic E-state index is -2.83. The molecule has 0 atom stereocenters. The zero-order valence-corrected chi connectivity index (χ0v) is 8.03. The number of hydrogen-bond donors (Lipinski definition) is 1. The molecule has 1 heterocycles. The predicted molar refractivity (Wildman–Crippen MR) is 48.1 cm³/mol. The highest BCUT2D eigenvalue weighted by Crippen LogP contribution is 2.44. The first-order chi connectivity index (χ1) is 6.50. The highest BCUT2D eigenvalue weighted by molar-refractivity contribution is 7.14. The maximum atomic E-state index is 13.3. The zero-order chi connectivity index (χ0) is 10.3. The number of alkyl halides is 2. The lowest BCUT2D eigenvalue weighted by Gasteiger charge is -2.21. The van der Waals surface area contributed by atoms with E-state index in [0.29, 0.717) is 29.7 Å². The van der Waals surface area contributed by atoms with Gasteiger partial charge >= 0.3 is 5.97 Å². The molecule has 5 heteroatoms. The smallest absolute Gasteiger partial charge is 0.345 e. The van der Waals surface area contributed by atoms with Gasteiger partial charge in [0.1, 0.15) is 4.88 Å². The van der Waals surface area contributed by atoms with Crippen molar-refractivity contribution in [3.63, 3.8) is 0 Å². The van der Waals surface area contributed by atoms with E-state index in [1.54, 1.807) is 0 Å². The molecule has 0 aliphatic heterocycles. The lowest BCUT2D eigenvalue weighted by atomic mass is 9.96. The molecule has 0 radical (unpaired) electrons. The molecule has 76 valence electrons. The predicted octanol–water partition coefficient (Wildman–Crippen LogP) is 2.87. The number of carboxylic acid groups (broad SMARTS) is 1. The first kappa shape index (κ1) is 9.58. The molecule has 0 fully saturated rings. The second-order valence-electron chi connectivity index (χ2n) is 3.33. The van der Waals surface area contributed by atoms with Gasteiger partial charge in [-0.3, -0.25) is 0 Å². The van der Waals surface area contributed by atoms with Crippen molar-refractivity contribution < 1.29 is 18.7 Å². The second-order valence-corrected chi connectivity index (χ2v) is 4.38. The number of carboxylic acids is 1. The van der Waals surface area contributed by atoms with Crippen LogP contribution in [0.25, 0.3) is 0 Å². The SMILES string of the molecule is O=C(O)c1cc2c(s1)C(F)(F)CCC2. The Morgan fingerprint density at radius 1 is 1.57 bits per heavy atom. The van der Waals surface area contributed by atoms with E-state index in [1.165, 1.54) is 6.07 Å². The number of aromatic carboxylic acids is 1.